The summed E-state index contributed by atoms with van der Waals surface area (Å²) in [5.41, 5.74) is 8.01. The molecule has 1 amide bonds. The fraction of sp³-hybridized carbons (Fsp3) is 0.133. The first-order valence-corrected chi connectivity index (χ1v) is 6.65. The minimum atomic E-state index is -0.153. The van der Waals surface area contributed by atoms with Crippen molar-refractivity contribution in [3.63, 3.8) is 0 Å². The van der Waals surface area contributed by atoms with E-state index >= 15 is 0 Å². The molecule has 0 atom stereocenters. The van der Waals surface area contributed by atoms with E-state index in [0.29, 0.717) is 24.3 Å². The van der Waals surface area contributed by atoms with E-state index in [2.05, 4.69) is 20.3 Å². The Labute approximate surface area is 121 Å². The van der Waals surface area contributed by atoms with Crippen molar-refractivity contribution in [2.75, 3.05) is 12.3 Å². The molecule has 3 rings (SSSR count). The van der Waals surface area contributed by atoms with Crippen molar-refractivity contribution in [3.8, 4) is 0 Å². The Kier molecular flexibility index (Phi) is 3.51. The second-order valence-electron chi connectivity index (χ2n) is 4.69. The number of carbonyl (C=O) groups excluding carboxylic acids is 1. The van der Waals surface area contributed by atoms with Crippen LogP contribution in [-0.4, -0.2) is 27.4 Å². The molecule has 3 aromatic rings. The van der Waals surface area contributed by atoms with Crippen LogP contribution >= 0.6 is 0 Å². The molecule has 4 N–H and O–H groups in total. The van der Waals surface area contributed by atoms with E-state index in [9.17, 15) is 4.79 Å². The Morgan fingerprint density at radius 3 is 3.00 bits per heavy atom. The number of nitrogen functional groups attached to an aromatic ring is 1. The first kappa shape index (κ1) is 13.1. The highest BCUT2D eigenvalue weighted by Gasteiger charge is 2.11. The van der Waals surface area contributed by atoms with Crippen LogP contribution in [-0.2, 0) is 6.42 Å². The van der Waals surface area contributed by atoms with Crippen LogP contribution in [0, 0.1) is 0 Å². The number of rotatable bonds is 4. The van der Waals surface area contributed by atoms with Gasteiger partial charge in [0.25, 0.3) is 5.91 Å². The number of nitrogens with two attached hydrogens (primary N) is 1. The van der Waals surface area contributed by atoms with Gasteiger partial charge >= 0.3 is 0 Å². The SMILES string of the molecule is Nc1cc(C(=O)NCCc2cnc[nH]2)c2ccccc2n1. The average Bonchev–Trinajstić information content (AvgIpc) is 2.99. The molecule has 0 radical (unpaired) electrons. The molecule has 1 aromatic carbocycles. The lowest BCUT2D eigenvalue weighted by Gasteiger charge is -2.08. The van der Waals surface area contributed by atoms with E-state index < -0.39 is 0 Å². The lowest BCUT2D eigenvalue weighted by atomic mass is 10.1. The zero-order valence-corrected chi connectivity index (χ0v) is 11.3. The Bertz CT molecular complexity index is 767. The van der Waals surface area contributed by atoms with Crippen molar-refractivity contribution in [2.24, 2.45) is 0 Å². The Balaban J connectivity index is 1.78. The predicted molar refractivity (Wildman–Crippen MR) is 80.8 cm³/mol. The third-order valence-corrected chi connectivity index (χ3v) is 3.22. The van der Waals surface area contributed by atoms with Gasteiger partial charge in [-0.2, -0.15) is 0 Å². The van der Waals surface area contributed by atoms with Crippen molar-refractivity contribution in [3.05, 3.63) is 54.1 Å². The molecule has 0 aliphatic rings. The minimum Gasteiger partial charge on any atom is -0.384 e. The number of anilines is 1. The van der Waals surface area contributed by atoms with Crippen LogP contribution in [0.3, 0.4) is 0 Å². The maximum Gasteiger partial charge on any atom is 0.252 e. The van der Waals surface area contributed by atoms with Crippen LogP contribution in [0.2, 0.25) is 0 Å². The molecule has 21 heavy (non-hydrogen) atoms. The Morgan fingerprint density at radius 1 is 1.33 bits per heavy atom. The van der Waals surface area contributed by atoms with Gasteiger partial charge in [0.2, 0.25) is 0 Å². The number of para-hydroxylation sites is 1. The largest absolute Gasteiger partial charge is 0.384 e. The number of H-pyrrole nitrogens is 1. The van der Waals surface area contributed by atoms with Crippen LogP contribution in [0.5, 0.6) is 0 Å². The van der Waals surface area contributed by atoms with Crippen LogP contribution in [0.25, 0.3) is 10.9 Å². The number of aromatic nitrogens is 3. The number of nitrogens with one attached hydrogen (secondary N) is 2. The second-order valence-corrected chi connectivity index (χ2v) is 4.69. The van der Waals surface area contributed by atoms with Gasteiger partial charge in [0.15, 0.2) is 0 Å². The minimum absolute atomic E-state index is 0.153. The van der Waals surface area contributed by atoms with Gasteiger partial charge in [-0.1, -0.05) is 18.2 Å². The molecule has 0 saturated heterocycles. The Hall–Kier alpha value is -2.89. The number of aromatic amines is 1. The number of nitrogens with zero attached hydrogens (tertiary/aromatic N) is 2. The van der Waals surface area contributed by atoms with Crippen LogP contribution < -0.4 is 11.1 Å². The standard InChI is InChI=1S/C15H15N5O/c16-14-7-12(11-3-1-2-4-13(11)20-14)15(21)18-6-5-10-8-17-9-19-10/h1-4,7-9H,5-6H2,(H2,16,20)(H,17,19)(H,18,21). The maximum absolute atomic E-state index is 12.3. The zero-order chi connectivity index (χ0) is 14.7. The number of pyridine rings is 1. The number of hydrogen-bond acceptors (Lipinski definition) is 4. The quantitative estimate of drug-likeness (QED) is 0.675. The van der Waals surface area contributed by atoms with E-state index in [1.165, 1.54) is 0 Å². The van der Waals surface area contributed by atoms with Crippen molar-refractivity contribution in [1.29, 1.82) is 0 Å². The summed E-state index contributed by atoms with van der Waals surface area (Å²) in [7, 11) is 0. The monoisotopic (exact) mass is 281 g/mol. The lowest BCUT2D eigenvalue weighted by molar-refractivity contribution is 0.0955. The summed E-state index contributed by atoms with van der Waals surface area (Å²) in [4.78, 5) is 23.5. The van der Waals surface area contributed by atoms with Crippen molar-refractivity contribution in [1.82, 2.24) is 20.3 Å². The van der Waals surface area contributed by atoms with Gasteiger partial charge in [-0.25, -0.2) is 9.97 Å². The smallest absolute Gasteiger partial charge is 0.252 e. The van der Waals surface area contributed by atoms with Crippen LogP contribution in [0.4, 0.5) is 5.82 Å². The third kappa shape index (κ3) is 2.84. The summed E-state index contributed by atoms with van der Waals surface area (Å²) in [6.45, 7) is 0.525. The highest BCUT2D eigenvalue weighted by molar-refractivity contribution is 6.06. The number of fused-ring (bicyclic) bond motifs is 1. The van der Waals surface area contributed by atoms with E-state index in [1.54, 1.807) is 18.6 Å². The van der Waals surface area contributed by atoms with Crippen LogP contribution in [0.15, 0.2) is 42.9 Å². The molecule has 6 heteroatoms. The number of imidazole rings is 1. The van der Waals surface area contributed by atoms with Gasteiger partial charge in [0.1, 0.15) is 5.82 Å². The summed E-state index contributed by atoms with van der Waals surface area (Å²) in [6.07, 6.45) is 4.06. The molecule has 6 nitrogen and oxygen atoms in total. The van der Waals surface area contributed by atoms with E-state index in [-0.39, 0.29) is 5.91 Å². The molecule has 0 aliphatic carbocycles. The molecule has 106 valence electrons. The normalized spacial score (nSPS) is 10.7. The highest BCUT2D eigenvalue weighted by atomic mass is 16.1. The molecule has 2 aromatic heterocycles. The third-order valence-electron chi connectivity index (χ3n) is 3.22. The zero-order valence-electron chi connectivity index (χ0n) is 11.3. The van der Waals surface area contributed by atoms with Crippen molar-refractivity contribution in [2.45, 2.75) is 6.42 Å². The summed E-state index contributed by atoms with van der Waals surface area (Å²) in [6, 6.07) is 9.06. The summed E-state index contributed by atoms with van der Waals surface area (Å²) < 4.78 is 0. The van der Waals surface area contributed by atoms with Crippen molar-refractivity contribution >= 4 is 22.6 Å². The molecule has 0 aliphatic heterocycles. The first-order chi connectivity index (χ1) is 10.2. The summed E-state index contributed by atoms with van der Waals surface area (Å²) >= 11 is 0. The Morgan fingerprint density at radius 2 is 2.19 bits per heavy atom. The van der Waals surface area contributed by atoms with E-state index in [0.717, 1.165) is 16.6 Å². The van der Waals surface area contributed by atoms with Gasteiger partial charge < -0.3 is 16.0 Å². The van der Waals surface area contributed by atoms with E-state index in [4.69, 9.17) is 5.73 Å². The van der Waals surface area contributed by atoms with Crippen molar-refractivity contribution < 1.29 is 4.79 Å². The lowest BCUT2D eigenvalue weighted by Crippen LogP contribution is -2.26. The predicted octanol–water partition coefficient (Wildman–Crippen LogP) is 1.51. The van der Waals surface area contributed by atoms with Gasteiger partial charge in [0.05, 0.1) is 17.4 Å². The molecule has 0 bridgehead atoms. The molecular formula is C15H15N5O. The van der Waals surface area contributed by atoms with E-state index in [1.807, 2.05) is 24.3 Å². The molecule has 0 saturated carbocycles. The number of carbonyl (C=O) groups is 1. The topological polar surface area (TPSA) is 96.7 Å². The van der Waals surface area contributed by atoms with Gasteiger partial charge in [-0.3, -0.25) is 4.79 Å². The van der Waals surface area contributed by atoms with Gasteiger partial charge in [0, 0.05) is 30.2 Å². The maximum atomic E-state index is 12.3. The molecule has 0 unspecified atom stereocenters. The second kappa shape index (κ2) is 5.62. The molecule has 2 heterocycles. The molecule has 0 spiro atoms. The fourth-order valence-electron chi connectivity index (χ4n) is 2.21. The average molecular weight is 281 g/mol. The fourth-order valence-corrected chi connectivity index (χ4v) is 2.21. The number of hydrogen-bond donors (Lipinski definition) is 3. The van der Waals surface area contributed by atoms with Gasteiger partial charge in [-0.05, 0) is 12.1 Å². The summed E-state index contributed by atoms with van der Waals surface area (Å²) in [5, 5.41) is 3.68. The first-order valence-electron chi connectivity index (χ1n) is 6.65. The van der Waals surface area contributed by atoms with Gasteiger partial charge in [-0.15, -0.1) is 0 Å². The van der Waals surface area contributed by atoms with Crippen LogP contribution in [0.1, 0.15) is 16.1 Å². The summed E-state index contributed by atoms with van der Waals surface area (Å²) in [5.74, 6) is 0.187. The number of amides is 1. The number of benzene rings is 1. The molecule has 0 fully saturated rings. The molecular weight excluding hydrogens is 266 g/mol. The highest BCUT2D eigenvalue weighted by Crippen LogP contribution is 2.19.